The summed E-state index contributed by atoms with van der Waals surface area (Å²) in [5.74, 6) is 0.728. The van der Waals surface area contributed by atoms with Crippen LogP contribution >= 0.6 is 0 Å². The van der Waals surface area contributed by atoms with Crippen LogP contribution in [0.4, 0.5) is 0 Å². The van der Waals surface area contributed by atoms with Gasteiger partial charge in [-0.05, 0) is 37.0 Å². The monoisotopic (exact) mass is 309 g/mol. The minimum Gasteiger partial charge on any atom is -0.345 e. The molecule has 0 bridgehead atoms. The summed E-state index contributed by atoms with van der Waals surface area (Å²) >= 11 is 0. The highest BCUT2D eigenvalue weighted by atomic mass is 16.2. The molecule has 0 saturated carbocycles. The predicted molar refractivity (Wildman–Crippen MR) is 86.9 cm³/mol. The van der Waals surface area contributed by atoms with E-state index in [-0.39, 0.29) is 5.91 Å². The zero-order valence-corrected chi connectivity index (χ0v) is 12.9. The Kier molecular flexibility index (Phi) is 3.57. The molecule has 6 heteroatoms. The molecule has 3 heterocycles. The van der Waals surface area contributed by atoms with Crippen molar-refractivity contribution in [2.75, 3.05) is 13.1 Å². The van der Waals surface area contributed by atoms with Crippen molar-refractivity contribution in [1.82, 2.24) is 24.4 Å². The Bertz CT molecular complexity index is 799. The molecule has 1 N–H and O–H groups in total. The Morgan fingerprint density at radius 3 is 2.96 bits per heavy atom. The predicted octanol–water partition coefficient (Wildman–Crippen LogP) is 2.31. The lowest BCUT2D eigenvalue weighted by Crippen LogP contribution is -2.39. The molecule has 118 valence electrons. The van der Waals surface area contributed by atoms with Crippen molar-refractivity contribution >= 4 is 16.9 Å². The quantitative estimate of drug-likeness (QED) is 0.807. The summed E-state index contributed by atoms with van der Waals surface area (Å²) < 4.78 is 2.12. The van der Waals surface area contributed by atoms with Gasteiger partial charge in [-0.3, -0.25) is 4.79 Å². The lowest BCUT2D eigenvalue weighted by atomic mass is 9.96. The fraction of sp³-hybridized carbons (Fsp3) is 0.353. The van der Waals surface area contributed by atoms with Crippen LogP contribution in [-0.4, -0.2) is 43.4 Å². The molecule has 0 aliphatic carbocycles. The van der Waals surface area contributed by atoms with Gasteiger partial charge in [0.15, 0.2) is 0 Å². The molecule has 1 aliphatic rings. The van der Waals surface area contributed by atoms with Gasteiger partial charge in [0.2, 0.25) is 0 Å². The third-order valence-electron chi connectivity index (χ3n) is 4.60. The van der Waals surface area contributed by atoms with Gasteiger partial charge in [-0.25, -0.2) is 9.97 Å². The molecule has 1 amide bonds. The van der Waals surface area contributed by atoms with Crippen molar-refractivity contribution in [3.63, 3.8) is 0 Å². The van der Waals surface area contributed by atoms with Crippen molar-refractivity contribution in [2.45, 2.75) is 19.4 Å². The summed E-state index contributed by atoms with van der Waals surface area (Å²) in [5, 5.41) is 0. The van der Waals surface area contributed by atoms with E-state index in [0.717, 1.165) is 49.1 Å². The Labute approximate surface area is 134 Å². The first-order valence-corrected chi connectivity index (χ1v) is 7.98. The Balaban J connectivity index is 1.40. The molecule has 0 unspecified atom stereocenters. The average molecular weight is 309 g/mol. The number of nitrogens with zero attached hydrogens (tertiary/aromatic N) is 4. The number of likely N-dealkylation sites (tertiary alicyclic amines) is 1. The fourth-order valence-electron chi connectivity index (χ4n) is 3.26. The zero-order chi connectivity index (χ0) is 15.6. The third kappa shape index (κ3) is 2.84. The van der Waals surface area contributed by atoms with Crippen LogP contribution in [0.5, 0.6) is 0 Å². The lowest BCUT2D eigenvalue weighted by Gasteiger charge is -2.32. The summed E-state index contributed by atoms with van der Waals surface area (Å²) in [4.78, 5) is 26.0. The number of imidazole rings is 2. The van der Waals surface area contributed by atoms with Crippen molar-refractivity contribution < 1.29 is 4.79 Å². The van der Waals surface area contributed by atoms with E-state index in [0.29, 0.717) is 5.92 Å². The van der Waals surface area contributed by atoms with Gasteiger partial charge in [0, 0.05) is 37.6 Å². The number of aromatic amines is 1. The van der Waals surface area contributed by atoms with E-state index in [1.165, 1.54) is 0 Å². The number of aromatic nitrogens is 4. The van der Waals surface area contributed by atoms with E-state index < -0.39 is 0 Å². The zero-order valence-electron chi connectivity index (χ0n) is 12.9. The van der Waals surface area contributed by atoms with Crippen LogP contribution in [0.25, 0.3) is 11.0 Å². The molecule has 3 aromatic rings. The van der Waals surface area contributed by atoms with Gasteiger partial charge in [0.25, 0.3) is 5.91 Å². The summed E-state index contributed by atoms with van der Waals surface area (Å²) in [7, 11) is 0. The fourth-order valence-corrected chi connectivity index (χ4v) is 3.26. The molecular weight excluding hydrogens is 290 g/mol. The first-order chi connectivity index (χ1) is 11.3. The number of fused-ring (bicyclic) bond motifs is 1. The maximum Gasteiger partial charge on any atom is 0.253 e. The number of nitrogens with one attached hydrogen (secondary N) is 1. The standard InChI is InChI=1S/C17H19N5O/c23-17(14-1-2-15-16(9-14)20-11-19-15)22-6-3-13(4-7-22)10-21-8-5-18-12-21/h1-2,5,8-9,11-13H,3-4,6-7,10H2,(H,19,20). The van der Waals surface area contributed by atoms with Crippen molar-refractivity contribution in [3.8, 4) is 0 Å². The van der Waals surface area contributed by atoms with Gasteiger partial charge in [-0.15, -0.1) is 0 Å². The second kappa shape index (κ2) is 5.87. The Morgan fingerprint density at radius 1 is 1.30 bits per heavy atom. The summed E-state index contributed by atoms with van der Waals surface area (Å²) in [5.41, 5.74) is 2.53. The number of carbonyl (C=O) groups excluding carboxylic acids is 1. The highest BCUT2D eigenvalue weighted by Gasteiger charge is 2.24. The molecular formula is C17H19N5O. The normalized spacial score (nSPS) is 16.1. The molecule has 2 aromatic heterocycles. The number of benzene rings is 1. The van der Waals surface area contributed by atoms with Crippen molar-refractivity contribution in [2.24, 2.45) is 5.92 Å². The van der Waals surface area contributed by atoms with E-state index in [4.69, 9.17) is 0 Å². The van der Waals surface area contributed by atoms with E-state index >= 15 is 0 Å². The van der Waals surface area contributed by atoms with Gasteiger partial charge in [-0.1, -0.05) is 0 Å². The van der Waals surface area contributed by atoms with Crippen LogP contribution in [-0.2, 0) is 6.54 Å². The molecule has 1 aliphatic heterocycles. The topological polar surface area (TPSA) is 66.8 Å². The molecule has 6 nitrogen and oxygen atoms in total. The molecule has 23 heavy (non-hydrogen) atoms. The lowest BCUT2D eigenvalue weighted by molar-refractivity contribution is 0.0683. The first kappa shape index (κ1) is 14.0. The summed E-state index contributed by atoms with van der Waals surface area (Å²) in [6.45, 7) is 2.63. The average Bonchev–Trinajstić information content (AvgIpc) is 3.25. The number of amides is 1. The smallest absolute Gasteiger partial charge is 0.253 e. The largest absolute Gasteiger partial charge is 0.345 e. The number of hydrogen-bond donors (Lipinski definition) is 1. The molecule has 0 spiro atoms. The number of piperidine rings is 1. The van der Waals surface area contributed by atoms with Gasteiger partial charge in [0.05, 0.1) is 23.7 Å². The third-order valence-corrected chi connectivity index (χ3v) is 4.60. The summed E-state index contributed by atoms with van der Waals surface area (Å²) in [6, 6.07) is 5.65. The maximum absolute atomic E-state index is 12.7. The first-order valence-electron chi connectivity index (χ1n) is 7.98. The van der Waals surface area contributed by atoms with E-state index in [2.05, 4.69) is 19.5 Å². The van der Waals surface area contributed by atoms with Crippen LogP contribution in [0, 0.1) is 5.92 Å². The van der Waals surface area contributed by atoms with Crippen molar-refractivity contribution in [1.29, 1.82) is 0 Å². The Hall–Kier alpha value is -2.63. The molecule has 0 atom stereocenters. The SMILES string of the molecule is O=C(c1ccc2nc[nH]c2c1)N1CCC(Cn2ccnc2)CC1. The highest BCUT2D eigenvalue weighted by molar-refractivity contribution is 5.97. The van der Waals surface area contributed by atoms with Crippen LogP contribution < -0.4 is 0 Å². The van der Waals surface area contributed by atoms with E-state index in [9.17, 15) is 4.79 Å². The second-order valence-electron chi connectivity index (χ2n) is 6.13. The van der Waals surface area contributed by atoms with Crippen LogP contribution in [0.2, 0.25) is 0 Å². The maximum atomic E-state index is 12.7. The Morgan fingerprint density at radius 2 is 2.17 bits per heavy atom. The number of rotatable bonds is 3. The minimum atomic E-state index is 0.114. The van der Waals surface area contributed by atoms with Gasteiger partial charge in [-0.2, -0.15) is 0 Å². The second-order valence-corrected chi connectivity index (χ2v) is 6.13. The summed E-state index contributed by atoms with van der Waals surface area (Å²) in [6.07, 6.45) is 9.39. The van der Waals surface area contributed by atoms with E-state index in [1.54, 1.807) is 6.33 Å². The van der Waals surface area contributed by atoms with E-state index in [1.807, 2.05) is 41.8 Å². The van der Waals surface area contributed by atoms with Crippen LogP contribution in [0.1, 0.15) is 23.2 Å². The van der Waals surface area contributed by atoms with Crippen LogP contribution in [0.3, 0.4) is 0 Å². The van der Waals surface area contributed by atoms with Gasteiger partial charge >= 0.3 is 0 Å². The molecule has 1 aromatic carbocycles. The molecule has 4 rings (SSSR count). The van der Waals surface area contributed by atoms with Crippen LogP contribution in [0.15, 0.2) is 43.2 Å². The van der Waals surface area contributed by atoms with Crippen molar-refractivity contribution in [3.05, 3.63) is 48.8 Å². The number of hydrogen-bond acceptors (Lipinski definition) is 3. The van der Waals surface area contributed by atoms with Gasteiger partial charge in [0.1, 0.15) is 0 Å². The van der Waals surface area contributed by atoms with Gasteiger partial charge < -0.3 is 14.5 Å². The highest BCUT2D eigenvalue weighted by Crippen LogP contribution is 2.21. The number of H-pyrrole nitrogens is 1. The minimum absolute atomic E-state index is 0.114. The molecule has 1 saturated heterocycles. The molecule has 0 radical (unpaired) electrons. The number of carbonyl (C=O) groups is 1. The molecule has 1 fully saturated rings.